The largest absolute Gasteiger partial charge is 0.396 e. The van der Waals surface area contributed by atoms with Gasteiger partial charge in [0.1, 0.15) is 46.8 Å². The maximum atomic E-state index is 14.2. The van der Waals surface area contributed by atoms with E-state index in [1.54, 1.807) is 33.9 Å². The summed E-state index contributed by atoms with van der Waals surface area (Å²) in [6.45, 7) is 29.0. The van der Waals surface area contributed by atoms with Crippen molar-refractivity contribution in [1.82, 2.24) is 58.1 Å². The predicted octanol–water partition coefficient (Wildman–Crippen LogP) is 0.807. The molecule has 79 heavy (non-hydrogen) atoms. The molecule has 10 unspecified atom stereocenters. The van der Waals surface area contributed by atoms with Crippen molar-refractivity contribution in [3.05, 3.63) is 12.2 Å². The summed E-state index contributed by atoms with van der Waals surface area (Å²) in [7, 11) is 1.76. The number of hydrogen-bond acceptors (Lipinski definition) is 13. The minimum atomic E-state index is -1.79. The van der Waals surface area contributed by atoms with Crippen LogP contribution in [0.5, 0.6) is 0 Å². The van der Waals surface area contributed by atoms with Crippen LogP contribution >= 0.6 is 0 Å². The van der Waals surface area contributed by atoms with Crippen LogP contribution in [-0.4, -0.2) is 166 Å². The Balaban J connectivity index is 3.32. The molecule has 1 aliphatic rings. The van der Waals surface area contributed by atoms with Gasteiger partial charge in [-0.3, -0.25) is 47.9 Å². The first-order valence-electron chi connectivity index (χ1n) is 28.1. The van der Waals surface area contributed by atoms with E-state index in [1.807, 2.05) is 55.4 Å². The van der Waals surface area contributed by atoms with E-state index in [0.29, 0.717) is 19.5 Å². The zero-order valence-corrected chi connectivity index (χ0v) is 50.7. The molecule has 0 saturated carbocycles. The lowest BCUT2D eigenvalue weighted by Gasteiger charge is -2.34. The number of aliphatic hydroxyl groups excluding tert-OH is 2. The number of nitrogens with zero attached hydrogens (tertiary/aromatic N) is 1. The SMILES string of the molecule is CCC(C)C=CC(=O)N1CC(C)CC1C(=O)NC(CC(C)CO)C(=O)NC(C(=O)NC(C)(C)C(=O)NC(CC(C)C)C(=O)NC(CC(C)C)C(=O)NC(C)(C)C(=O)NC(C)(C)C(=O)NCCC(=O)NC(C)CNC)C(O)C(C)C. The Morgan fingerprint density at radius 2 is 1.16 bits per heavy atom. The second-order valence-corrected chi connectivity index (χ2v) is 24.6. The Kier molecular flexibility index (Phi) is 29.4. The average molecular weight is 1120 g/mol. The summed E-state index contributed by atoms with van der Waals surface area (Å²) in [4.78, 5) is 139. The van der Waals surface area contributed by atoms with Crippen LogP contribution in [0.2, 0.25) is 0 Å². The molecule has 0 bridgehead atoms. The smallest absolute Gasteiger partial charge is 0.246 e. The zero-order chi connectivity index (χ0) is 60.9. The fourth-order valence-corrected chi connectivity index (χ4v) is 8.56. The normalized spacial score (nSPS) is 18.1. The zero-order valence-electron chi connectivity index (χ0n) is 50.7. The number of likely N-dealkylation sites (tertiary alicyclic amines) is 1. The molecule has 0 spiro atoms. The van der Waals surface area contributed by atoms with Crippen molar-refractivity contribution in [2.24, 2.45) is 35.5 Å². The molecule has 0 radical (unpaired) electrons. The summed E-state index contributed by atoms with van der Waals surface area (Å²) in [6.07, 6.45) is 3.05. The third kappa shape index (κ3) is 24.3. The van der Waals surface area contributed by atoms with Gasteiger partial charge in [-0.15, -0.1) is 0 Å². The fraction of sp³-hybridized carbons (Fsp3) is 0.786. The molecule has 0 aliphatic carbocycles. The van der Waals surface area contributed by atoms with Crippen LogP contribution < -0.4 is 53.2 Å². The lowest BCUT2D eigenvalue weighted by molar-refractivity contribution is -0.140. The van der Waals surface area contributed by atoms with Gasteiger partial charge in [0, 0.05) is 38.7 Å². The number of likely N-dealkylation sites (N-methyl/N-ethyl adjacent to an activating group) is 1. The lowest BCUT2D eigenvalue weighted by atomic mass is 9.95. The molecule has 452 valence electrons. The number of amides is 10. The minimum absolute atomic E-state index is 0.0109. The summed E-state index contributed by atoms with van der Waals surface area (Å²) in [5, 5.41) is 48.5. The van der Waals surface area contributed by atoms with Gasteiger partial charge in [-0.05, 0) is 123 Å². The van der Waals surface area contributed by atoms with Crippen molar-refractivity contribution < 1.29 is 58.2 Å². The number of rotatable bonds is 33. The topological polar surface area (TPSA) is 335 Å². The molecule has 1 aliphatic heterocycles. The van der Waals surface area contributed by atoms with E-state index in [2.05, 4.69) is 53.2 Å². The van der Waals surface area contributed by atoms with Gasteiger partial charge in [0.05, 0.1) is 6.10 Å². The van der Waals surface area contributed by atoms with Crippen molar-refractivity contribution >= 4 is 59.1 Å². The van der Waals surface area contributed by atoms with Gasteiger partial charge >= 0.3 is 0 Å². The van der Waals surface area contributed by atoms with Gasteiger partial charge < -0.3 is 68.3 Å². The molecule has 1 heterocycles. The van der Waals surface area contributed by atoms with Crippen LogP contribution in [0.15, 0.2) is 12.2 Å². The van der Waals surface area contributed by atoms with Crippen LogP contribution in [0.25, 0.3) is 0 Å². The first kappa shape index (κ1) is 71.3. The Hall–Kier alpha value is -5.68. The van der Waals surface area contributed by atoms with Gasteiger partial charge in [0.2, 0.25) is 59.1 Å². The van der Waals surface area contributed by atoms with E-state index in [1.165, 1.54) is 52.5 Å². The highest BCUT2D eigenvalue weighted by Crippen LogP contribution is 2.25. The van der Waals surface area contributed by atoms with Gasteiger partial charge in [-0.2, -0.15) is 0 Å². The molecular formula is C56H101N11O12. The van der Waals surface area contributed by atoms with Crippen LogP contribution in [0, 0.1) is 35.5 Å². The first-order valence-corrected chi connectivity index (χ1v) is 28.1. The summed E-state index contributed by atoms with van der Waals surface area (Å²) in [5.74, 6) is -7.87. The molecular weight excluding hydrogens is 1020 g/mol. The number of carbonyl (C=O) groups excluding carboxylic acids is 10. The van der Waals surface area contributed by atoms with Gasteiger partial charge in [0.15, 0.2) is 0 Å². The fourth-order valence-electron chi connectivity index (χ4n) is 8.56. The number of allylic oxidation sites excluding steroid dienone is 1. The van der Waals surface area contributed by atoms with Gasteiger partial charge in [0.25, 0.3) is 0 Å². The monoisotopic (exact) mass is 1120 g/mol. The Bertz CT molecular complexity index is 2110. The van der Waals surface area contributed by atoms with E-state index < -0.39 is 112 Å². The van der Waals surface area contributed by atoms with Crippen LogP contribution in [0.3, 0.4) is 0 Å². The standard InChI is InChI=1S/C56H101N11O12/c1-19-34(8)20-21-43(70)67-29-35(9)27-41(67)49(75)61-40(26-36(10)30-68)47(73)63-44(45(71)33(6)7)50(76)65-55(14,15)52(78)62-38(24-31(2)3)46(72)60-39(25-32(4)5)48(74)64-56(16,17)53(79)66-54(12,13)51(77)58-23-22-42(69)59-37(11)28-57-18/h20-21,31-41,44-45,57,68,71H,19,22-30H2,1-18H3,(H,58,77)(H,59,69)(H,60,72)(H,61,75)(H,62,78)(H,63,73)(H,64,74)(H,65,76)(H,66,79). The molecule has 10 atom stereocenters. The maximum Gasteiger partial charge on any atom is 0.246 e. The average Bonchev–Trinajstić information content (AvgIpc) is 3.74. The van der Waals surface area contributed by atoms with E-state index in [9.17, 15) is 58.2 Å². The second kappa shape index (κ2) is 32.5. The Morgan fingerprint density at radius 1 is 0.646 bits per heavy atom. The molecule has 12 N–H and O–H groups in total. The summed E-state index contributed by atoms with van der Waals surface area (Å²) in [6, 6.07) is -6.44. The number of hydrogen-bond donors (Lipinski definition) is 12. The maximum absolute atomic E-state index is 14.2. The highest BCUT2D eigenvalue weighted by atomic mass is 16.3. The summed E-state index contributed by atoms with van der Waals surface area (Å²) < 4.78 is 0. The highest BCUT2D eigenvalue weighted by Gasteiger charge is 2.43. The molecule has 0 aromatic rings. The number of aliphatic hydroxyl groups is 2. The van der Waals surface area contributed by atoms with E-state index in [4.69, 9.17) is 0 Å². The van der Waals surface area contributed by atoms with Gasteiger partial charge in [-0.1, -0.05) is 81.7 Å². The quantitative estimate of drug-likeness (QED) is 0.0406. The van der Waals surface area contributed by atoms with Crippen molar-refractivity contribution in [3.8, 4) is 0 Å². The van der Waals surface area contributed by atoms with E-state index in [0.717, 1.165) is 6.42 Å². The predicted molar refractivity (Wildman–Crippen MR) is 302 cm³/mol. The van der Waals surface area contributed by atoms with Crippen LogP contribution in [0.4, 0.5) is 0 Å². The Labute approximate surface area is 470 Å². The van der Waals surface area contributed by atoms with E-state index in [-0.39, 0.29) is 80.4 Å². The minimum Gasteiger partial charge on any atom is -0.396 e. The van der Waals surface area contributed by atoms with Crippen molar-refractivity contribution in [1.29, 1.82) is 0 Å². The molecule has 10 amide bonds. The van der Waals surface area contributed by atoms with Crippen molar-refractivity contribution in [2.75, 3.05) is 33.3 Å². The lowest BCUT2D eigenvalue weighted by Crippen LogP contribution is -2.66. The van der Waals surface area contributed by atoms with E-state index >= 15 is 0 Å². The molecule has 23 heteroatoms. The third-order valence-corrected chi connectivity index (χ3v) is 13.7. The number of nitrogens with one attached hydrogen (secondary N) is 10. The van der Waals surface area contributed by atoms with Crippen molar-refractivity contribution in [3.63, 3.8) is 0 Å². The summed E-state index contributed by atoms with van der Waals surface area (Å²) >= 11 is 0. The molecule has 0 aromatic heterocycles. The highest BCUT2D eigenvalue weighted by molar-refractivity contribution is 6.00. The van der Waals surface area contributed by atoms with Crippen LogP contribution in [-0.2, 0) is 47.9 Å². The Morgan fingerprint density at radius 3 is 1.70 bits per heavy atom. The van der Waals surface area contributed by atoms with Crippen LogP contribution in [0.1, 0.15) is 156 Å². The second-order valence-electron chi connectivity index (χ2n) is 24.6. The number of carbonyl (C=O) groups is 10. The van der Waals surface area contributed by atoms with Crippen molar-refractivity contribution in [2.45, 2.75) is 215 Å². The molecule has 23 nitrogen and oxygen atoms in total. The molecule has 0 aromatic carbocycles. The molecule has 1 rings (SSSR count). The van der Waals surface area contributed by atoms with Gasteiger partial charge in [-0.25, -0.2) is 0 Å². The third-order valence-electron chi connectivity index (χ3n) is 13.7. The first-order chi connectivity index (χ1) is 36.4. The summed E-state index contributed by atoms with van der Waals surface area (Å²) in [5.41, 5.74) is -4.87. The molecule has 1 fully saturated rings. The molecule has 1 saturated heterocycles.